The second-order valence-corrected chi connectivity index (χ2v) is 7.86. The molecule has 3 heterocycles. The molecule has 0 aliphatic carbocycles. The smallest absolute Gasteiger partial charge is 0.228 e. The number of benzene rings is 1. The van der Waals surface area contributed by atoms with Crippen molar-refractivity contribution >= 4 is 17.5 Å². The van der Waals surface area contributed by atoms with Crippen molar-refractivity contribution in [3.8, 4) is 17.2 Å². The van der Waals surface area contributed by atoms with E-state index in [1.165, 1.54) is 21.3 Å². The lowest BCUT2D eigenvalue weighted by Gasteiger charge is -2.34. The van der Waals surface area contributed by atoms with Crippen molar-refractivity contribution in [1.82, 2.24) is 14.5 Å². The van der Waals surface area contributed by atoms with E-state index in [2.05, 4.69) is 9.55 Å². The van der Waals surface area contributed by atoms with E-state index < -0.39 is 0 Å². The van der Waals surface area contributed by atoms with E-state index in [1.807, 2.05) is 17.4 Å². The summed E-state index contributed by atoms with van der Waals surface area (Å²) in [7, 11) is 4.60. The lowest BCUT2D eigenvalue weighted by molar-refractivity contribution is -0.137. The van der Waals surface area contributed by atoms with Crippen LogP contribution in [0.25, 0.3) is 0 Å². The predicted molar refractivity (Wildman–Crippen MR) is 114 cm³/mol. The van der Waals surface area contributed by atoms with Gasteiger partial charge in [-0.1, -0.05) is 0 Å². The third-order valence-electron chi connectivity index (χ3n) is 6.16. The first kappa shape index (κ1) is 21.0. The number of carbonyl (C=O) groups excluding carboxylic acids is 2. The zero-order chi connectivity index (χ0) is 22.0. The summed E-state index contributed by atoms with van der Waals surface area (Å²) in [5.41, 5.74) is 0.633. The third-order valence-corrected chi connectivity index (χ3v) is 6.16. The molecule has 1 aromatic carbocycles. The lowest BCUT2D eigenvalue weighted by Crippen LogP contribution is -2.42. The van der Waals surface area contributed by atoms with Gasteiger partial charge in [-0.05, 0) is 12.8 Å². The van der Waals surface area contributed by atoms with Gasteiger partial charge in [0.1, 0.15) is 0 Å². The molecule has 1 aromatic heterocycles. The van der Waals surface area contributed by atoms with E-state index in [9.17, 15) is 9.59 Å². The maximum atomic E-state index is 13.1. The van der Waals surface area contributed by atoms with E-state index in [0.717, 1.165) is 12.8 Å². The maximum Gasteiger partial charge on any atom is 0.228 e. The third kappa shape index (κ3) is 4.04. The molecule has 2 aliphatic heterocycles. The summed E-state index contributed by atoms with van der Waals surface area (Å²) in [6.45, 7) is 1.73. The molecule has 2 aliphatic rings. The van der Waals surface area contributed by atoms with Crippen molar-refractivity contribution < 1.29 is 23.8 Å². The van der Waals surface area contributed by atoms with Crippen LogP contribution in [-0.4, -0.2) is 67.2 Å². The monoisotopic (exact) mass is 428 g/mol. The highest BCUT2D eigenvalue weighted by molar-refractivity contribution is 6.00. The Labute approximate surface area is 181 Å². The van der Waals surface area contributed by atoms with E-state index in [0.29, 0.717) is 48.6 Å². The van der Waals surface area contributed by atoms with Gasteiger partial charge in [0.2, 0.25) is 17.6 Å². The van der Waals surface area contributed by atoms with Gasteiger partial charge in [-0.3, -0.25) is 9.59 Å². The largest absolute Gasteiger partial charge is 0.493 e. The van der Waals surface area contributed by atoms with Crippen LogP contribution < -0.4 is 19.1 Å². The molecule has 4 rings (SSSR count). The number of anilines is 1. The van der Waals surface area contributed by atoms with Crippen LogP contribution in [0, 0.1) is 5.92 Å². The fraction of sp³-hybridized carbons (Fsp3) is 0.500. The first-order valence-corrected chi connectivity index (χ1v) is 10.4. The minimum Gasteiger partial charge on any atom is -0.493 e. The Morgan fingerprint density at radius 1 is 1.06 bits per heavy atom. The number of carbonyl (C=O) groups is 2. The molecule has 0 N–H and O–H groups in total. The van der Waals surface area contributed by atoms with Crippen molar-refractivity contribution in [2.24, 2.45) is 5.92 Å². The molecule has 2 fully saturated rings. The minimum absolute atomic E-state index is 0.0485. The van der Waals surface area contributed by atoms with Crippen LogP contribution in [0.1, 0.15) is 25.3 Å². The van der Waals surface area contributed by atoms with E-state index in [1.54, 1.807) is 23.2 Å². The summed E-state index contributed by atoms with van der Waals surface area (Å²) >= 11 is 0. The number of aromatic nitrogens is 2. The highest BCUT2D eigenvalue weighted by Crippen LogP contribution is 2.42. The number of methoxy groups -OCH3 is 3. The fourth-order valence-electron chi connectivity index (χ4n) is 4.47. The van der Waals surface area contributed by atoms with Crippen molar-refractivity contribution in [3.05, 3.63) is 30.9 Å². The topological polar surface area (TPSA) is 86.1 Å². The summed E-state index contributed by atoms with van der Waals surface area (Å²) in [5, 5.41) is 0. The van der Waals surface area contributed by atoms with Crippen LogP contribution >= 0.6 is 0 Å². The number of rotatable bonds is 6. The molecule has 166 valence electrons. The maximum absolute atomic E-state index is 13.1. The van der Waals surface area contributed by atoms with Crippen LogP contribution in [0.4, 0.5) is 5.69 Å². The van der Waals surface area contributed by atoms with E-state index in [-0.39, 0.29) is 24.2 Å². The average Bonchev–Trinajstić information content (AvgIpc) is 3.48. The average molecular weight is 428 g/mol. The number of piperidine rings is 1. The number of amides is 2. The van der Waals surface area contributed by atoms with Gasteiger partial charge in [-0.2, -0.15) is 0 Å². The van der Waals surface area contributed by atoms with Gasteiger partial charge in [0.05, 0.1) is 39.3 Å². The van der Waals surface area contributed by atoms with Crippen molar-refractivity contribution in [2.45, 2.75) is 25.3 Å². The Balaban J connectivity index is 1.44. The first-order valence-electron chi connectivity index (χ1n) is 10.4. The highest BCUT2D eigenvalue weighted by Gasteiger charge is 2.38. The molecule has 9 heteroatoms. The van der Waals surface area contributed by atoms with Crippen LogP contribution in [0.15, 0.2) is 30.9 Å². The number of likely N-dealkylation sites (tertiary alicyclic amines) is 1. The van der Waals surface area contributed by atoms with Crippen molar-refractivity contribution in [1.29, 1.82) is 0 Å². The number of nitrogens with zero attached hydrogens (tertiary/aromatic N) is 4. The molecule has 0 bridgehead atoms. The Hall–Kier alpha value is -3.23. The molecule has 2 saturated heterocycles. The minimum atomic E-state index is -0.351. The number of ether oxygens (including phenoxy) is 3. The van der Waals surface area contributed by atoms with Crippen LogP contribution in [-0.2, 0) is 9.59 Å². The zero-order valence-electron chi connectivity index (χ0n) is 18.1. The number of imidazole rings is 1. The SMILES string of the molecule is COc1cc(N2CC(C(=O)N3CCC(n4ccnc4)CC3)CC2=O)cc(OC)c1OC. The van der Waals surface area contributed by atoms with Crippen molar-refractivity contribution in [2.75, 3.05) is 45.9 Å². The number of hydrogen-bond donors (Lipinski definition) is 0. The molecular formula is C22H28N4O5. The molecule has 1 atom stereocenters. The van der Waals surface area contributed by atoms with Crippen LogP contribution in [0.2, 0.25) is 0 Å². The van der Waals surface area contributed by atoms with Crippen LogP contribution in [0.3, 0.4) is 0 Å². The zero-order valence-corrected chi connectivity index (χ0v) is 18.1. The summed E-state index contributed by atoms with van der Waals surface area (Å²) in [4.78, 5) is 33.5. The molecule has 9 nitrogen and oxygen atoms in total. The molecule has 2 amide bonds. The lowest BCUT2D eigenvalue weighted by atomic mass is 10.0. The Kier molecular flexibility index (Phi) is 6.01. The van der Waals surface area contributed by atoms with Gasteiger partial charge in [-0.25, -0.2) is 4.98 Å². The van der Waals surface area contributed by atoms with Gasteiger partial charge in [-0.15, -0.1) is 0 Å². The molecule has 2 aromatic rings. The summed E-state index contributed by atoms with van der Waals surface area (Å²) in [6, 6.07) is 3.85. The second-order valence-electron chi connectivity index (χ2n) is 7.86. The fourth-order valence-corrected chi connectivity index (χ4v) is 4.47. The first-order chi connectivity index (χ1) is 15.0. The standard InChI is InChI=1S/C22H28N4O5/c1-29-18-11-17(12-19(30-2)21(18)31-3)26-13-15(10-20(26)27)22(28)24-7-4-16(5-8-24)25-9-6-23-14-25/h6,9,11-12,14-16H,4-5,7-8,10,13H2,1-3H3. The number of hydrogen-bond acceptors (Lipinski definition) is 6. The predicted octanol–water partition coefficient (Wildman–Crippen LogP) is 2.13. The highest BCUT2D eigenvalue weighted by atomic mass is 16.5. The van der Waals surface area contributed by atoms with Gasteiger partial charge in [0, 0.05) is 56.6 Å². The second kappa shape index (κ2) is 8.87. The summed E-state index contributed by atoms with van der Waals surface area (Å²) in [5.74, 6) is 1.03. The van der Waals surface area contributed by atoms with Gasteiger partial charge >= 0.3 is 0 Å². The van der Waals surface area contributed by atoms with Crippen molar-refractivity contribution in [3.63, 3.8) is 0 Å². The van der Waals surface area contributed by atoms with Gasteiger partial charge < -0.3 is 28.6 Å². The Morgan fingerprint density at radius 3 is 2.29 bits per heavy atom. The molecule has 31 heavy (non-hydrogen) atoms. The van der Waals surface area contributed by atoms with E-state index in [4.69, 9.17) is 14.2 Å². The normalized spacial score (nSPS) is 19.6. The molecular weight excluding hydrogens is 400 g/mol. The molecule has 0 saturated carbocycles. The molecule has 0 radical (unpaired) electrons. The summed E-state index contributed by atoms with van der Waals surface area (Å²) < 4.78 is 18.3. The Morgan fingerprint density at radius 2 is 1.74 bits per heavy atom. The quantitative estimate of drug-likeness (QED) is 0.701. The van der Waals surface area contributed by atoms with Crippen LogP contribution in [0.5, 0.6) is 17.2 Å². The Bertz CT molecular complexity index is 912. The summed E-state index contributed by atoms with van der Waals surface area (Å²) in [6.07, 6.45) is 7.55. The van der Waals surface area contributed by atoms with Gasteiger partial charge in [0.25, 0.3) is 0 Å². The van der Waals surface area contributed by atoms with Gasteiger partial charge in [0.15, 0.2) is 11.5 Å². The molecule has 1 unspecified atom stereocenters. The molecule has 0 spiro atoms. The van der Waals surface area contributed by atoms with E-state index >= 15 is 0 Å².